The zero-order valence-corrected chi connectivity index (χ0v) is 9.55. The van der Waals surface area contributed by atoms with E-state index < -0.39 is 0 Å². The molecule has 1 aromatic heterocycles. The summed E-state index contributed by atoms with van der Waals surface area (Å²) in [6.07, 6.45) is 3.88. The standard InChI is InChI=1S/C12H14N2S/c1-2-9-3-5-10(6-4-9)7-11-8-14-12(13)15-11/h3-6,8H,2,7H2,1H3,(H2,13,14). The maximum absolute atomic E-state index is 5.59. The van der Waals surface area contributed by atoms with Crippen LogP contribution in [0.3, 0.4) is 0 Å². The van der Waals surface area contributed by atoms with Gasteiger partial charge in [0.05, 0.1) is 0 Å². The number of hydrogen-bond acceptors (Lipinski definition) is 3. The molecule has 0 aliphatic rings. The molecule has 0 unspecified atom stereocenters. The highest BCUT2D eigenvalue weighted by Gasteiger charge is 2.00. The van der Waals surface area contributed by atoms with Crippen molar-refractivity contribution in [2.75, 3.05) is 5.73 Å². The lowest BCUT2D eigenvalue weighted by Crippen LogP contribution is -1.86. The summed E-state index contributed by atoms with van der Waals surface area (Å²) in [7, 11) is 0. The van der Waals surface area contributed by atoms with Crippen molar-refractivity contribution >= 4 is 16.5 Å². The summed E-state index contributed by atoms with van der Waals surface area (Å²) in [6.45, 7) is 2.17. The minimum atomic E-state index is 0.648. The van der Waals surface area contributed by atoms with Gasteiger partial charge in [0.2, 0.25) is 0 Å². The van der Waals surface area contributed by atoms with Gasteiger partial charge in [0.15, 0.2) is 5.13 Å². The largest absolute Gasteiger partial charge is 0.375 e. The Labute approximate surface area is 93.8 Å². The van der Waals surface area contributed by atoms with E-state index in [2.05, 4.69) is 36.2 Å². The molecule has 2 rings (SSSR count). The molecule has 0 aliphatic heterocycles. The van der Waals surface area contributed by atoms with Crippen molar-refractivity contribution in [3.63, 3.8) is 0 Å². The summed E-state index contributed by atoms with van der Waals surface area (Å²) in [4.78, 5) is 5.26. The average molecular weight is 218 g/mol. The number of aromatic nitrogens is 1. The maximum atomic E-state index is 5.59. The van der Waals surface area contributed by atoms with Gasteiger partial charge in [-0.2, -0.15) is 0 Å². The highest BCUT2D eigenvalue weighted by molar-refractivity contribution is 7.15. The molecule has 78 valence electrons. The van der Waals surface area contributed by atoms with Gasteiger partial charge >= 0.3 is 0 Å². The van der Waals surface area contributed by atoms with Crippen molar-refractivity contribution in [2.45, 2.75) is 19.8 Å². The highest BCUT2D eigenvalue weighted by Crippen LogP contribution is 2.18. The van der Waals surface area contributed by atoms with Crippen molar-refractivity contribution < 1.29 is 0 Å². The molecule has 1 heterocycles. The first-order valence-corrected chi connectivity index (χ1v) is 5.87. The molecular formula is C12H14N2S. The van der Waals surface area contributed by atoms with Gasteiger partial charge < -0.3 is 5.73 Å². The van der Waals surface area contributed by atoms with Crippen LogP contribution in [0.2, 0.25) is 0 Å². The van der Waals surface area contributed by atoms with E-state index >= 15 is 0 Å². The molecule has 0 spiro atoms. The molecular weight excluding hydrogens is 204 g/mol. The van der Waals surface area contributed by atoms with Crippen LogP contribution < -0.4 is 5.73 Å². The lowest BCUT2D eigenvalue weighted by atomic mass is 10.1. The number of aryl methyl sites for hydroxylation is 1. The van der Waals surface area contributed by atoms with Crippen molar-refractivity contribution in [3.05, 3.63) is 46.5 Å². The molecule has 0 bridgehead atoms. The molecule has 2 nitrogen and oxygen atoms in total. The summed E-state index contributed by atoms with van der Waals surface area (Å²) >= 11 is 1.56. The first-order valence-electron chi connectivity index (χ1n) is 5.06. The van der Waals surface area contributed by atoms with E-state index in [1.165, 1.54) is 16.0 Å². The molecule has 0 saturated carbocycles. The zero-order chi connectivity index (χ0) is 10.7. The number of rotatable bonds is 3. The van der Waals surface area contributed by atoms with E-state index in [-0.39, 0.29) is 0 Å². The highest BCUT2D eigenvalue weighted by atomic mass is 32.1. The van der Waals surface area contributed by atoms with Crippen LogP contribution in [0.1, 0.15) is 22.9 Å². The number of thiazole rings is 1. The van der Waals surface area contributed by atoms with Gasteiger partial charge in [-0.05, 0) is 17.5 Å². The number of nitrogens with two attached hydrogens (primary N) is 1. The van der Waals surface area contributed by atoms with Crippen molar-refractivity contribution in [1.82, 2.24) is 4.98 Å². The van der Waals surface area contributed by atoms with Crippen LogP contribution in [0.15, 0.2) is 30.5 Å². The van der Waals surface area contributed by atoms with Gasteiger partial charge in [0.1, 0.15) is 0 Å². The van der Waals surface area contributed by atoms with E-state index in [1.807, 2.05) is 6.20 Å². The van der Waals surface area contributed by atoms with Crippen molar-refractivity contribution in [1.29, 1.82) is 0 Å². The Morgan fingerprint density at radius 1 is 1.20 bits per heavy atom. The monoisotopic (exact) mass is 218 g/mol. The Balaban J connectivity index is 2.11. The van der Waals surface area contributed by atoms with Gasteiger partial charge in [-0.15, -0.1) is 11.3 Å². The van der Waals surface area contributed by atoms with Crippen molar-refractivity contribution in [3.8, 4) is 0 Å². The van der Waals surface area contributed by atoms with E-state index in [0.717, 1.165) is 12.8 Å². The summed E-state index contributed by atoms with van der Waals surface area (Å²) in [5.41, 5.74) is 8.28. The molecule has 0 amide bonds. The van der Waals surface area contributed by atoms with Crippen LogP contribution in [-0.4, -0.2) is 4.98 Å². The van der Waals surface area contributed by atoms with E-state index in [9.17, 15) is 0 Å². The second-order valence-electron chi connectivity index (χ2n) is 3.51. The average Bonchev–Trinajstić information content (AvgIpc) is 2.65. The minimum absolute atomic E-state index is 0.648. The fourth-order valence-electron chi connectivity index (χ4n) is 1.50. The smallest absolute Gasteiger partial charge is 0.180 e. The molecule has 0 saturated heterocycles. The first kappa shape index (κ1) is 10.2. The van der Waals surface area contributed by atoms with Crippen LogP contribution >= 0.6 is 11.3 Å². The van der Waals surface area contributed by atoms with Gasteiger partial charge in [-0.25, -0.2) is 4.98 Å². The molecule has 1 aromatic carbocycles. The second-order valence-corrected chi connectivity index (χ2v) is 4.66. The minimum Gasteiger partial charge on any atom is -0.375 e. The third-order valence-electron chi connectivity index (χ3n) is 2.38. The number of nitrogen functional groups attached to an aromatic ring is 1. The lowest BCUT2D eigenvalue weighted by molar-refractivity contribution is 1.12. The molecule has 0 radical (unpaired) electrons. The van der Waals surface area contributed by atoms with Crippen LogP contribution in [0.25, 0.3) is 0 Å². The Bertz CT molecular complexity index is 431. The van der Waals surface area contributed by atoms with Gasteiger partial charge in [0, 0.05) is 17.5 Å². The van der Waals surface area contributed by atoms with Crippen LogP contribution in [0, 0.1) is 0 Å². The molecule has 15 heavy (non-hydrogen) atoms. The Morgan fingerprint density at radius 3 is 2.40 bits per heavy atom. The number of anilines is 1. The maximum Gasteiger partial charge on any atom is 0.180 e. The third-order valence-corrected chi connectivity index (χ3v) is 3.21. The SMILES string of the molecule is CCc1ccc(Cc2cnc(N)s2)cc1. The van der Waals surface area contributed by atoms with E-state index in [4.69, 9.17) is 5.73 Å². The van der Waals surface area contributed by atoms with Crippen LogP contribution in [-0.2, 0) is 12.8 Å². The fraction of sp³-hybridized carbons (Fsp3) is 0.250. The zero-order valence-electron chi connectivity index (χ0n) is 8.73. The molecule has 3 heteroatoms. The number of benzene rings is 1. The predicted octanol–water partition coefficient (Wildman–Crippen LogP) is 2.88. The summed E-state index contributed by atoms with van der Waals surface area (Å²) in [5, 5.41) is 0.648. The number of nitrogens with zero attached hydrogens (tertiary/aromatic N) is 1. The summed E-state index contributed by atoms with van der Waals surface area (Å²) in [5.74, 6) is 0. The van der Waals surface area contributed by atoms with E-state index in [1.54, 1.807) is 11.3 Å². The molecule has 0 atom stereocenters. The normalized spacial score (nSPS) is 10.5. The quantitative estimate of drug-likeness (QED) is 0.860. The molecule has 0 aliphatic carbocycles. The molecule has 2 aromatic rings. The fourth-order valence-corrected chi connectivity index (χ4v) is 2.22. The van der Waals surface area contributed by atoms with Crippen LogP contribution in [0.4, 0.5) is 5.13 Å². The van der Waals surface area contributed by atoms with E-state index in [0.29, 0.717) is 5.13 Å². The van der Waals surface area contributed by atoms with Crippen LogP contribution in [0.5, 0.6) is 0 Å². The first-order chi connectivity index (χ1) is 7.28. The molecule has 0 fully saturated rings. The Hall–Kier alpha value is -1.35. The number of hydrogen-bond donors (Lipinski definition) is 1. The summed E-state index contributed by atoms with van der Waals surface area (Å²) in [6, 6.07) is 8.71. The Kier molecular flexibility index (Phi) is 3.02. The topological polar surface area (TPSA) is 38.9 Å². The van der Waals surface area contributed by atoms with Crippen molar-refractivity contribution in [2.24, 2.45) is 0 Å². The Morgan fingerprint density at radius 2 is 1.87 bits per heavy atom. The summed E-state index contributed by atoms with van der Waals surface area (Å²) < 4.78 is 0. The van der Waals surface area contributed by atoms with Gasteiger partial charge in [-0.1, -0.05) is 31.2 Å². The second kappa shape index (κ2) is 4.45. The predicted molar refractivity (Wildman–Crippen MR) is 65.2 cm³/mol. The van der Waals surface area contributed by atoms with Gasteiger partial charge in [0.25, 0.3) is 0 Å². The third kappa shape index (κ3) is 2.57. The molecule has 2 N–H and O–H groups in total. The van der Waals surface area contributed by atoms with Gasteiger partial charge in [-0.3, -0.25) is 0 Å². The lowest BCUT2D eigenvalue weighted by Gasteiger charge is -2.00.